The van der Waals surface area contributed by atoms with E-state index in [-0.39, 0.29) is 0 Å². The van der Waals surface area contributed by atoms with Gasteiger partial charge in [0.25, 0.3) is 0 Å². The molecular formula is C23H25NO2S. The highest BCUT2D eigenvalue weighted by atomic mass is 32.2. The van der Waals surface area contributed by atoms with Gasteiger partial charge < -0.3 is 4.74 Å². The van der Waals surface area contributed by atoms with Crippen LogP contribution in [0, 0.1) is 0 Å². The normalized spacial score (nSPS) is 13.5. The summed E-state index contributed by atoms with van der Waals surface area (Å²) in [7, 11) is -1.31. The second-order valence-corrected chi connectivity index (χ2v) is 9.25. The predicted molar refractivity (Wildman–Crippen MR) is 115 cm³/mol. The van der Waals surface area contributed by atoms with E-state index >= 15 is 0 Å². The molecule has 0 unspecified atom stereocenters. The van der Waals surface area contributed by atoms with Crippen molar-refractivity contribution in [3.05, 3.63) is 78.4 Å². The van der Waals surface area contributed by atoms with Gasteiger partial charge in [-0.25, -0.2) is 4.21 Å². The number of ether oxygens (including phenoxy) is 1. The summed E-state index contributed by atoms with van der Waals surface area (Å²) in [5.74, 6) is 0.859. The predicted octanol–water partition coefficient (Wildman–Crippen LogP) is 5.56. The van der Waals surface area contributed by atoms with Crippen LogP contribution in [0.5, 0.6) is 5.75 Å². The third-order valence-corrected chi connectivity index (χ3v) is 5.60. The van der Waals surface area contributed by atoms with Crippen molar-refractivity contribution in [2.75, 3.05) is 6.61 Å². The molecule has 0 bridgehead atoms. The van der Waals surface area contributed by atoms with E-state index in [9.17, 15) is 4.21 Å². The van der Waals surface area contributed by atoms with E-state index in [0.29, 0.717) is 13.0 Å². The summed E-state index contributed by atoms with van der Waals surface area (Å²) < 4.78 is 22.7. The van der Waals surface area contributed by atoms with E-state index in [4.69, 9.17) is 4.74 Å². The van der Waals surface area contributed by atoms with Crippen LogP contribution in [-0.4, -0.2) is 21.3 Å². The number of hydrogen-bond acceptors (Lipinski definition) is 2. The zero-order valence-electron chi connectivity index (χ0n) is 16.0. The fourth-order valence-corrected chi connectivity index (χ4v) is 3.36. The average molecular weight is 380 g/mol. The molecule has 3 rings (SSSR count). The van der Waals surface area contributed by atoms with Gasteiger partial charge in [0.2, 0.25) is 0 Å². The molecule has 140 valence electrons. The van der Waals surface area contributed by atoms with E-state index in [1.807, 2.05) is 75.4 Å². The van der Waals surface area contributed by atoms with Crippen LogP contribution in [0.15, 0.2) is 77.2 Å². The minimum absolute atomic E-state index is 0.392. The SMILES string of the molecule is CC(C)(C)[S@](=O)N=C(CCOc1cccc2ccccc12)c1ccccc1. The van der Waals surface area contributed by atoms with Gasteiger partial charge in [0.05, 0.1) is 17.1 Å². The van der Waals surface area contributed by atoms with Crippen molar-refractivity contribution in [1.29, 1.82) is 0 Å². The van der Waals surface area contributed by atoms with E-state index in [1.54, 1.807) is 0 Å². The first kappa shape index (κ1) is 19.3. The molecule has 0 radical (unpaired) electrons. The monoisotopic (exact) mass is 379 g/mol. The molecule has 0 N–H and O–H groups in total. The first-order valence-electron chi connectivity index (χ1n) is 9.11. The smallest absolute Gasteiger partial charge is 0.145 e. The van der Waals surface area contributed by atoms with E-state index in [2.05, 4.69) is 22.6 Å². The summed E-state index contributed by atoms with van der Waals surface area (Å²) in [6, 6.07) is 24.1. The van der Waals surface area contributed by atoms with Gasteiger partial charge in [0, 0.05) is 11.8 Å². The molecule has 0 amide bonds. The van der Waals surface area contributed by atoms with Crippen molar-refractivity contribution in [3.8, 4) is 5.75 Å². The number of rotatable bonds is 6. The second kappa shape index (κ2) is 8.49. The molecule has 0 fully saturated rings. The van der Waals surface area contributed by atoms with Crippen LogP contribution in [0.2, 0.25) is 0 Å². The molecule has 0 aromatic heterocycles. The maximum absolute atomic E-state index is 12.5. The third kappa shape index (κ3) is 5.04. The van der Waals surface area contributed by atoms with Crippen LogP contribution in [0.25, 0.3) is 10.8 Å². The molecule has 0 aliphatic rings. The fraction of sp³-hybridized carbons (Fsp3) is 0.261. The lowest BCUT2D eigenvalue weighted by Gasteiger charge is -2.16. The van der Waals surface area contributed by atoms with E-state index in [0.717, 1.165) is 27.8 Å². The van der Waals surface area contributed by atoms with Crippen molar-refractivity contribution in [3.63, 3.8) is 0 Å². The number of hydrogen-bond donors (Lipinski definition) is 0. The molecule has 4 heteroatoms. The fourth-order valence-electron chi connectivity index (χ4n) is 2.69. The van der Waals surface area contributed by atoms with Gasteiger partial charge in [-0.1, -0.05) is 66.7 Å². The molecule has 3 aromatic carbocycles. The first-order valence-corrected chi connectivity index (χ1v) is 10.2. The highest BCUT2D eigenvalue weighted by Crippen LogP contribution is 2.25. The molecule has 3 aromatic rings. The van der Waals surface area contributed by atoms with Crippen molar-refractivity contribution in [2.24, 2.45) is 4.40 Å². The Morgan fingerprint density at radius 2 is 1.59 bits per heavy atom. The van der Waals surface area contributed by atoms with Crippen molar-refractivity contribution in [2.45, 2.75) is 31.9 Å². The van der Waals surface area contributed by atoms with Crippen LogP contribution in [-0.2, 0) is 11.0 Å². The zero-order valence-corrected chi connectivity index (χ0v) is 16.8. The third-order valence-electron chi connectivity index (χ3n) is 4.17. The minimum Gasteiger partial charge on any atom is -0.493 e. The molecule has 0 spiro atoms. The zero-order chi connectivity index (χ0) is 19.3. The molecule has 1 atom stereocenters. The van der Waals surface area contributed by atoms with Gasteiger partial charge >= 0.3 is 0 Å². The largest absolute Gasteiger partial charge is 0.493 e. The Morgan fingerprint density at radius 3 is 2.33 bits per heavy atom. The van der Waals surface area contributed by atoms with E-state index < -0.39 is 15.7 Å². The van der Waals surface area contributed by atoms with E-state index in [1.165, 1.54) is 0 Å². The van der Waals surface area contributed by atoms with Crippen molar-refractivity contribution in [1.82, 2.24) is 0 Å². The Labute approximate surface area is 163 Å². The van der Waals surface area contributed by atoms with Crippen LogP contribution in [0.3, 0.4) is 0 Å². The van der Waals surface area contributed by atoms with Crippen LogP contribution in [0.4, 0.5) is 0 Å². The molecule has 0 heterocycles. The number of fused-ring (bicyclic) bond motifs is 1. The quantitative estimate of drug-likeness (QED) is 0.526. The van der Waals surface area contributed by atoms with Gasteiger partial charge in [0.1, 0.15) is 16.7 Å². The summed E-state index contributed by atoms with van der Waals surface area (Å²) in [6.07, 6.45) is 0.592. The lowest BCUT2D eigenvalue weighted by molar-refractivity contribution is 0.333. The molecule has 0 aliphatic heterocycles. The van der Waals surface area contributed by atoms with Crippen LogP contribution < -0.4 is 4.74 Å². The molecule has 0 saturated carbocycles. The minimum atomic E-state index is -1.31. The van der Waals surface area contributed by atoms with Crippen molar-refractivity contribution < 1.29 is 8.95 Å². The number of benzene rings is 3. The highest BCUT2D eigenvalue weighted by Gasteiger charge is 2.20. The molecule has 0 saturated heterocycles. The summed E-state index contributed by atoms with van der Waals surface area (Å²) in [5.41, 5.74) is 1.79. The highest BCUT2D eigenvalue weighted by molar-refractivity contribution is 7.85. The van der Waals surface area contributed by atoms with Gasteiger partial charge in [-0.15, -0.1) is 0 Å². The summed E-state index contributed by atoms with van der Waals surface area (Å²) in [4.78, 5) is 0. The summed E-state index contributed by atoms with van der Waals surface area (Å²) in [5, 5.41) is 2.25. The molecule has 0 aliphatic carbocycles. The lowest BCUT2D eigenvalue weighted by Crippen LogP contribution is -2.21. The molecule has 3 nitrogen and oxygen atoms in total. The van der Waals surface area contributed by atoms with Gasteiger partial charge in [0.15, 0.2) is 0 Å². The lowest BCUT2D eigenvalue weighted by atomic mass is 10.1. The van der Waals surface area contributed by atoms with Crippen LogP contribution >= 0.6 is 0 Å². The first-order chi connectivity index (χ1) is 12.9. The Hall–Kier alpha value is -2.46. The maximum Gasteiger partial charge on any atom is 0.145 e. The second-order valence-electron chi connectivity index (χ2n) is 7.34. The Balaban J connectivity index is 1.79. The van der Waals surface area contributed by atoms with Crippen molar-refractivity contribution >= 4 is 27.5 Å². The standard InChI is InChI=1S/C23H25NO2S/c1-23(2,3)27(25)24-21(19-11-5-4-6-12-19)16-17-26-22-15-9-13-18-10-7-8-14-20(18)22/h4-15H,16-17H2,1-3H3/t27-/m0/s1. The van der Waals surface area contributed by atoms with Crippen LogP contribution in [0.1, 0.15) is 32.8 Å². The molecule has 27 heavy (non-hydrogen) atoms. The topological polar surface area (TPSA) is 38.7 Å². The Bertz CT molecular complexity index is 954. The average Bonchev–Trinajstić information content (AvgIpc) is 2.67. The molecular weight excluding hydrogens is 354 g/mol. The maximum atomic E-state index is 12.5. The van der Waals surface area contributed by atoms with Gasteiger partial charge in [-0.05, 0) is 37.8 Å². The van der Waals surface area contributed by atoms with Gasteiger partial charge in [-0.2, -0.15) is 4.40 Å². The van der Waals surface area contributed by atoms with Gasteiger partial charge in [-0.3, -0.25) is 0 Å². The summed E-state index contributed by atoms with van der Waals surface area (Å²) >= 11 is 0. The Kier molecular flexibility index (Phi) is 6.07. The Morgan fingerprint density at radius 1 is 0.926 bits per heavy atom. The summed E-state index contributed by atoms with van der Waals surface area (Å²) in [6.45, 7) is 6.27. The number of nitrogens with zero attached hydrogens (tertiary/aromatic N) is 1.